The molecular weight excluding hydrogens is 502 g/mol. The monoisotopic (exact) mass is 537 g/mol. The van der Waals surface area contributed by atoms with Crippen LogP contribution in [0.25, 0.3) is 0 Å². The van der Waals surface area contributed by atoms with E-state index in [4.69, 9.17) is 4.74 Å². The van der Waals surface area contributed by atoms with Crippen molar-refractivity contribution in [2.24, 2.45) is 0 Å². The second-order valence-electron chi connectivity index (χ2n) is 8.97. The zero-order valence-electron chi connectivity index (χ0n) is 22.0. The molecule has 2 amide bonds. The van der Waals surface area contributed by atoms with E-state index < -0.39 is 28.5 Å². The third-order valence-electron chi connectivity index (χ3n) is 6.06. The summed E-state index contributed by atoms with van der Waals surface area (Å²) in [7, 11) is -2.29. The SMILES string of the molecule is CCCNC(=O)C(Cc1ccccc1)N(Cc1ccccc1)C(=O)CN(c1ccc(OC)cc1)S(C)(=O)=O. The molecule has 0 aliphatic carbocycles. The minimum absolute atomic E-state index is 0.150. The van der Waals surface area contributed by atoms with Crippen molar-refractivity contribution in [2.75, 3.05) is 30.8 Å². The van der Waals surface area contributed by atoms with Gasteiger partial charge in [-0.25, -0.2) is 8.42 Å². The average Bonchev–Trinajstić information content (AvgIpc) is 2.92. The summed E-state index contributed by atoms with van der Waals surface area (Å²) < 4.78 is 31.8. The highest BCUT2D eigenvalue weighted by Gasteiger charge is 2.32. The van der Waals surface area contributed by atoms with Gasteiger partial charge in [0.15, 0.2) is 0 Å². The number of nitrogens with zero attached hydrogens (tertiary/aromatic N) is 2. The van der Waals surface area contributed by atoms with Crippen LogP contribution in [-0.2, 0) is 32.6 Å². The quantitative estimate of drug-likeness (QED) is 0.359. The topological polar surface area (TPSA) is 96.0 Å². The van der Waals surface area contributed by atoms with Gasteiger partial charge in [0.1, 0.15) is 18.3 Å². The van der Waals surface area contributed by atoms with E-state index in [1.165, 1.54) is 12.0 Å². The summed E-state index contributed by atoms with van der Waals surface area (Å²) in [4.78, 5) is 28.8. The summed E-state index contributed by atoms with van der Waals surface area (Å²) in [6, 6.07) is 24.4. The molecule has 0 saturated heterocycles. The van der Waals surface area contributed by atoms with Crippen LogP contribution in [0.15, 0.2) is 84.9 Å². The Labute approximate surface area is 225 Å². The number of carbonyl (C=O) groups is 2. The molecule has 0 aliphatic heterocycles. The third-order valence-corrected chi connectivity index (χ3v) is 7.20. The lowest BCUT2D eigenvalue weighted by molar-refractivity contribution is -0.140. The van der Waals surface area contributed by atoms with Gasteiger partial charge >= 0.3 is 0 Å². The molecule has 0 aliphatic rings. The molecule has 202 valence electrons. The Morgan fingerprint density at radius 3 is 2.00 bits per heavy atom. The van der Waals surface area contributed by atoms with Crippen molar-refractivity contribution in [1.29, 1.82) is 0 Å². The van der Waals surface area contributed by atoms with Crippen LogP contribution in [0.3, 0.4) is 0 Å². The first-order valence-electron chi connectivity index (χ1n) is 12.5. The van der Waals surface area contributed by atoms with Gasteiger partial charge in [-0.15, -0.1) is 0 Å². The van der Waals surface area contributed by atoms with Crippen molar-refractivity contribution in [2.45, 2.75) is 32.4 Å². The van der Waals surface area contributed by atoms with Crippen molar-refractivity contribution in [3.63, 3.8) is 0 Å². The van der Waals surface area contributed by atoms with Crippen LogP contribution in [0.2, 0.25) is 0 Å². The summed E-state index contributed by atoms with van der Waals surface area (Å²) in [6.07, 6.45) is 2.09. The second-order valence-corrected chi connectivity index (χ2v) is 10.9. The highest BCUT2D eigenvalue weighted by Crippen LogP contribution is 2.23. The Morgan fingerprint density at radius 1 is 0.895 bits per heavy atom. The van der Waals surface area contributed by atoms with Gasteiger partial charge in [0.2, 0.25) is 21.8 Å². The minimum atomic E-state index is -3.81. The number of sulfonamides is 1. The van der Waals surface area contributed by atoms with Gasteiger partial charge in [-0.3, -0.25) is 13.9 Å². The maximum absolute atomic E-state index is 13.9. The lowest BCUT2D eigenvalue weighted by Crippen LogP contribution is -2.53. The molecule has 0 bridgehead atoms. The van der Waals surface area contributed by atoms with Crippen LogP contribution < -0.4 is 14.4 Å². The zero-order valence-corrected chi connectivity index (χ0v) is 22.9. The number of nitrogens with one attached hydrogen (secondary N) is 1. The number of amides is 2. The molecule has 38 heavy (non-hydrogen) atoms. The van der Waals surface area contributed by atoms with E-state index >= 15 is 0 Å². The molecule has 9 heteroatoms. The zero-order chi connectivity index (χ0) is 27.5. The van der Waals surface area contributed by atoms with Gasteiger partial charge in [0, 0.05) is 19.5 Å². The second kappa shape index (κ2) is 13.6. The number of ether oxygens (including phenoxy) is 1. The maximum atomic E-state index is 13.9. The number of methoxy groups -OCH3 is 1. The summed E-state index contributed by atoms with van der Waals surface area (Å²) in [5.74, 6) is -0.201. The van der Waals surface area contributed by atoms with Crippen molar-refractivity contribution in [3.05, 3.63) is 96.1 Å². The molecular formula is C29H35N3O5S. The number of carbonyl (C=O) groups excluding carboxylic acids is 2. The molecule has 0 fully saturated rings. The minimum Gasteiger partial charge on any atom is -0.497 e. The van der Waals surface area contributed by atoms with Gasteiger partial charge < -0.3 is 15.0 Å². The third kappa shape index (κ3) is 8.08. The number of anilines is 1. The maximum Gasteiger partial charge on any atom is 0.244 e. The van der Waals surface area contributed by atoms with Crippen LogP contribution in [0, 0.1) is 0 Å². The summed E-state index contributed by atoms with van der Waals surface area (Å²) in [5, 5.41) is 2.92. The van der Waals surface area contributed by atoms with Crippen molar-refractivity contribution < 1.29 is 22.7 Å². The Balaban J connectivity index is 2.00. The lowest BCUT2D eigenvalue weighted by Gasteiger charge is -2.33. The number of hydrogen-bond acceptors (Lipinski definition) is 5. The smallest absolute Gasteiger partial charge is 0.244 e. The highest BCUT2D eigenvalue weighted by molar-refractivity contribution is 7.92. The molecule has 0 radical (unpaired) electrons. The van der Waals surface area contributed by atoms with Gasteiger partial charge in [-0.05, 0) is 41.8 Å². The molecule has 1 unspecified atom stereocenters. The Morgan fingerprint density at radius 2 is 1.47 bits per heavy atom. The average molecular weight is 538 g/mol. The van der Waals surface area contributed by atoms with Crippen LogP contribution in [-0.4, -0.2) is 57.6 Å². The van der Waals surface area contributed by atoms with Crippen molar-refractivity contribution >= 4 is 27.5 Å². The number of hydrogen-bond donors (Lipinski definition) is 1. The Hall–Kier alpha value is -3.85. The molecule has 3 aromatic rings. The molecule has 3 aromatic carbocycles. The van der Waals surface area contributed by atoms with Gasteiger partial charge in [-0.1, -0.05) is 67.6 Å². The predicted octanol–water partition coefficient (Wildman–Crippen LogP) is 3.63. The molecule has 0 heterocycles. The first kappa shape index (κ1) is 28.7. The van der Waals surface area contributed by atoms with Crippen LogP contribution in [0.4, 0.5) is 5.69 Å². The van der Waals surface area contributed by atoms with E-state index in [2.05, 4.69) is 5.32 Å². The van der Waals surface area contributed by atoms with Crippen LogP contribution in [0.5, 0.6) is 5.75 Å². The Kier molecular flexibility index (Phi) is 10.3. The summed E-state index contributed by atoms with van der Waals surface area (Å²) >= 11 is 0. The van der Waals surface area contributed by atoms with E-state index in [9.17, 15) is 18.0 Å². The van der Waals surface area contributed by atoms with Crippen LogP contribution >= 0.6 is 0 Å². The molecule has 1 N–H and O–H groups in total. The highest BCUT2D eigenvalue weighted by atomic mass is 32.2. The molecule has 1 atom stereocenters. The van der Waals surface area contributed by atoms with Gasteiger partial charge in [0.05, 0.1) is 19.1 Å². The van der Waals surface area contributed by atoms with E-state index in [1.54, 1.807) is 24.3 Å². The van der Waals surface area contributed by atoms with E-state index in [0.29, 0.717) is 18.0 Å². The van der Waals surface area contributed by atoms with E-state index in [-0.39, 0.29) is 18.9 Å². The molecule has 0 saturated carbocycles. The summed E-state index contributed by atoms with van der Waals surface area (Å²) in [5.41, 5.74) is 2.05. The summed E-state index contributed by atoms with van der Waals surface area (Å²) in [6.45, 7) is 2.12. The largest absolute Gasteiger partial charge is 0.497 e. The van der Waals surface area contributed by atoms with Gasteiger partial charge in [0.25, 0.3) is 0 Å². The predicted molar refractivity (Wildman–Crippen MR) is 149 cm³/mol. The molecule has 0 aromatic heterocycles. The van der Waals surface area contributed by atoms with Crippen LogP contribution in [0.1, 0.15) is 24.5 Å². The van der Waals surface area contributed by atoms with E-state index in [0.717, 1.165) is 28.1 Å². The van der Waals surface area contributed by atoms with Gasteiger partial charge in [-0.2, -0.15) is 0 Å². The lowest BCUT2D eigenvalue weighted by atomic mass is 10.0. The normalized spacial score (nSPS) is 11.9. The fourth-order valence-electron chi connectivity index (χ4n) is 4.06. The van der Waals surface area contributed by atoms with Crippen molar-refractivity contribution in [3.8, 4) is 5.75 Å². The fourth-order valence-corrected chi connectivity index (χ4v) is 4.91. The van der Waals surface area contributed by atoms with E-state index in [1.807, 2.05) is 67.6 Å². The Bertz CT molecular complexity index is 1280. The first-order chi connectivity index (χ1) is 18.2. The molecule has 0 spiro atoms. The standard InChI is InChI=1S/C29H35N3O5S/c1-4-19-30-29(34)27(20-23-11-7-5-8-12-23)31(21-24-13-9-6-10-14-24)28(33)22-32(38(3,35)36)25-15-17-26(37-2)18-16-25/h5-18,27H,4,19-22H2,1-3H3,(H,30,34). The first-order valence-corrected chi connectivity index (χ1v) is 14.3. The molecule has 3 rings (SSSR count). The molecule has 8 nitrogen and oxygen atoms in total. The fraction of sp³-hybridized carbons (Fsp3) is 0.310. The number of rotatable bonds is 13. The van der Waals surface area contributed by atoms with Crippen molar-refractivity contribution in [1.82, 2.24) is 10.2 Å². The number of benzene rings is 3.